The Bertz CT molecular complexity index is 391. The smallest absolute Gasteiger partial charge is 0.217 e. The first kappa shape index (κ1) is 11.2. The van der Waals surface area contributed by atoms with Crippen LogP contribution in [0.3, 0.4) is 0 Å². The molecule has 1 saturated carbocycles. The van der Waals surface area contributed by atoms with Gasteiger partial charge in [0.15, 0.2) is 0 Å². The van der Waals surface area contributed by atoms with E-state index in [0.717, 1.165) is 12.8 Å². The molecule has 2 heteroatoms. The third-order valence-corrected chi connectivity index (χ3v) is 3.44. The lowest BCUT2D eigenvalue weighted by atomic mass is 9.87. The van der Waals surface area contributed by atoms with Crippen molar-refractivity contribution in [2.75, 3.05) is 0 Å². The topological polar surface area (TPSA) is 29.1 Å². The SMILES string of the molecule is CC(=O)NC1(c2cccc(C)c2)CCCC1. The van der Waals surface area contributed by atoms with Gasteiger partial charge in [0.05, 0.1) is 5.54 Å². The van der Waals surface area contributed by atoms with Crippen molar-refractivity contribution in [3.63, 3.8) is 0 Å². The van der Waals surface area contributed by atoms with E-state index < -0.39 is 0 Å². The zero-order valence-corrected chi connectivity index (χ0v) is 10.0. The second-order valence-electron chi connectivity index (χ2n) is 4.84. The maximum Gasteiger partial charge on any atom is 0.217 e. The summed E-state index contributed by atoms with van der Waals surface area (Å²) in [5.74, 6) is 0.0726. The highest BCUT2D eigenvalue weighted by molar-refractivity contribution is 5.74. The van der Waals surface area contributed by atoms with E-state index in [-0.39, 0.29) is 11.4 Å². The molecule has 1 amide bonds. The fourth-order valence-corrected chi connectivity index (χ4v) is 2.74. The van der Waals surface area contributed by atoms with Crippen LogP contribution >= 0.6 is 0 Å². The van der Waals surface area contributed by atoms with E-state index in [0.29, 0.717) is 0 Å². The summed E-state index contributed by atoms with van der Waals surface area (Å²) in [5, 5.41) is 3.16. The molecule has 0 aromatic heterocycles. The third kappa shape index (κ3) is 2.11. The second kappa shape index (κ2) is 4.28. The van der Waals surface area contributed by atoms with Gasteiger partial charge in [0.1, 0.15) is 0 Å². The van der Waals surface area contributed by atoms with Crippen molar-refractivity contribution in [1.82, 2.24) is 5.32 Å². The average molecular weight is 217 g/mol. The van der Waals surface area contributed by atoms with Gasteiger partial charge in [-0.2, -0.15) is 0 Å². The highest BCUT2D eigenvalue weighted by Crippen LogP contribution is 2.38. The molecule has 1 fully saturated rings. The Kier molecular flexibility index (Phi) is 2.99. The molecule has 0 unspecified atom stereocenters. The van der Waals surface area contributed by atoms with Crippen LogP contribution in [-0.2, 0) is 10.3 Å². The van der Waals surface area contributed by atoms with Crippen molar-refractivity contribution in [2.24, 2.45) is 0 Å². The molecule has 1 aliphatic rings. The van der Waals surface area contributed by atoms with Crippen LogP contribution in [0.5, 0.6) is 0 Å². The van der Waals surface area contributed by atoms with E-state index in [1.165, 1.54) is 24.0 Å². The Morgan fingerprint density at radius 1 is 1.31 bits per heavy atom. The van der Waals surface area contributed by atoms with Crippen LogP contribution in [0.2, 0.25) is 0 Å². The second-order valence-corrected chi connectivity index (χ2v) is 4.84. The van der Waals surface area contributed by atoms with E-state index in [9.17, 15) is 4.79 Å². The molecule has 0 spiro atoms. The monoisotopic (exact) mass is 217 g/mol. The molecule has 2 rings (SSSR count). The largest absolute Gasteiger partial charge is 0.347 e. The number of carbonyl (C=O) groups excluding carboxylic acids is 1. The van der Waals surface area contributed by atoms with Gasteiger partial charge in [-0.3, -0.25) is 4.79 Å². The summed E-state index contributed by atoms with van der Waals surface area (Å²) in [4.78, 5) is 11.4. The number of hydrogen-bond donors (Lipinski definition) is 1. The molecule has 0 bridgehead atoms. The minimum absolute atomic E-state index is 0.0726. The summed E-state index contributed by atoms with van der Waals surface area (Å²) in [7, 11) is 0. The summed E-state index contributed by atoms with van der Waals surface area (Å²) >= 11 is 0. The zero-order valence-electron chi connectivity index (χ0n) is 10.0. The first-order valence-corrected chi connectivity index (χ1v) is 5.98. The lowest BCUT2D eigenvalue weighted by Gasteiger charge is -2.30. The Morgan fingerprint density at radius 3 is 2.56 bits per heavy atom. The van der Waals surface area contributed by atoms with E-state index in [2.05, 4.69) is 36.5 Å². The predicted octanol–water partition coefficient (Wildman–Crippen LogP) is 2.90. The molecule has 1 N–H and O–H groups in total. The predicted molar refractivity (Wildman–Crippen MR) is 65.1 cm³/mol. The normalized spacial score (nSPS) is 18.4. The molecule has 0 radical (unpaired) electrons. The van der Waals surface area contributed by atoms with Crippen molar-refractivity contribution in [3.8, 4) is 0 Å². The summed E-state index contributed by atoms with van der Waals surface area (Å²) in [6.07, 6.45) is 4.54. The molecule has 2 nitrogen and oxygen atoms in total. The molecule has 1 aromatic rings. The first-order chi connectivity index (χ1) is 7.62. The van der Waals surface area contributed by atoms with E-state index in [1.54, 1.807) is 6.92 Å². The first-order valence-electron chi connectivity index (χ1n) is 5.98. The maximum atomic E-state index is 11.4. The molecule has 1 aromatic carbocycles. The van der Waals surface area contributed by atoms with Gasteiger partial charge in [-0.25, -0.2) is 0 Å². The fraction of sp³-hybridized carbons (Fsp3) is 0.500. The standard InChI is InChI=1S/C14H19NO/c1-11-6-5-7-13(10-11)14(15-12(2)16)8-3-4-9-14/h5-7,10H,3-4,8-9H2,1-2H3,(H,15,16). The molecule has 0 heterocycles. The van der Waals surface area contributed by atoms with Gasteiger partial charge in [-0.05, 0) is 25.3 Å². The quantitative estimate of drug-likeness (QED) is 0.810. The van der Waals surface area contributed by atoms with Crippen molar-refractivity contribution in [3.05, 3.63) is 35.4 Å². The van der Waals surface area contributed by atoms with Gasteiger partial charge >= 0.3 is 0 Å². The average Bonchev–Trinajstić information content (AvgIpc) is 2.66. The lowest BCUT2D eigenvalue weighted by molar-refractivity contribution is -0.121. The highest BCUT2D eigenvalue weighted by Gasteiger charge is 2.36. The summed E-state index contributed by atoms with van der Waals surface area (Å²) in [5.41, 5.74) is 2.42. The van der Waals surface area contributed by atoms with E-state index >= 15 is 0 Å². The van der Waals surface area contributed by atoms with Gasteiger partial charge in [0.25, 0.3) is 0 Å². The van der Waals surface area contributed by atoms with Gasteiger partial charge in [0.2, 0.25) is 5.91 Å². The minimum atomic E-state index is -0.0994. The number of nitrogens with one attached hydrogen (secondary N) is 1. The van der Waals surface area contributed by atoms with Crippen LogP contribution in [0, 0.1) is 6.92 Å². The van der Waals surface area contributed by atoms with Gasteiger partial charge in [0, 0.05) is 6.92 Å². The highest BCUT2D eigenvalue weighted by atomic mass is 16.1. The molecular formula is C14H19NO. The number of aryl methyl sites for hydroxylation is 1. The number of carbonyl (C=O) groups is 1. The van der Waals surface area contributed by atoms with Crippen LogP contribution in [0.15, 0.2) is 24.3 Å². The van der Waals surface area contributed by atoms with Crippen molar-refractivity contribution in [1.29, 1.82) is 0 Å². The van der Waals surface area contributed by atoms with Crippen LogP contribution in [0.1, 0.15) is 43.7 Å². The molecule has 0 aliphatic heterocycles. The van der Waals surface area contributed by atoms with Crippen LogP contribution < -0.4 is 5.32 Å². The molecule has 86 valence electrons. The molecular weight excluding hydrogens is 198 g/mol. The number of benzene rings is 1. The van der Waals surface area contributed by atoms with Crippen LogP contribution in [0.4, 0.5) is 0 Å². The summed E-state index contributed by atoms with van der Waals surface area (Å²) < 4.78 is 0. The van der Waals surface area contributed by atoms with Crippen molar-refractivity contribution < 1.29 is 4.79 Å². The van der Waals surface area contributed by atoms with Crippen LogP contribution in [-0.4, -0.2) is 5.91 Å². The number of amides is 1. The minimum Gasteiger partial charge on any atom is -0.347 e. The van der Waals surface area contributed by atoms with Gasteiger partial charge in [-0.1, -0.05) is 42.7 Å². The molecule has 16 heavy (non-hydrogen) atoms. The Balaban J connectivity index is 2.35. The Hall–Kier alpha value is -1.31. The fourth-order valence-electron chi connectivity index (χ4n) is 2.74. The van der Waals surface area contributed by atoms with E-state index in [1.807, 2.05) is 0 Å². The lowest BCUT2D eigenvalue weighted by Crippen LogP contribution is -2.42. The number of hydrogen-bond acceptors (Lipinski definition) is 1. The van der Waals surface area contributed by atoms with Crippen LogP contribution in [0.25, 0.3) is 0 Å². The Morgan fingerprint density at radius 2 is 2.00 bits per heavy atom. The van der Waals surface area contributed by atoms with E-state index in [4.69, 9.17) is 0 Å². The number of rotatable bonds is 2. The summed E-state index contributed by atoms with van der Waals surface area (Å²) in [6.45, 7) is 3.70. The third-order valence-electron chi connectivity index (χ3n) is 3.44. The zero-order chi connectivity index (χ0) is 11.6. The van der Waals surface area contributed by atoms with Gasteiger partial charge < -0.3 is 5.32 Å². The molecule has 0 saturated heterocycles. The maximum absolute atomic E-state index is 11.4. The molecule has 1 aliphatic carbocycles. The van der Waals surface area contributed by atoms with Crippen molar-refractivity contribution >= 4 is 5.91 Å². The van der Waals surface area contributed by atoms with Crippen molar-refractivity contribution in [2.45, 2.75) is 45.1 Å². The Labute approximate surface area is 97.1 Å². The van der Waals surface area contributed by atoms with Gasteiger partial charge in [-0.15, -0.1) is 0 Å². The summed E-state index contributed by atoms with van der Waals surface area (Å²) in [6, 6.07) is 8.50. The molecule has 0 atom stereocenters.